The molecule has 2 N–H and O–H groups in total. The van der Waals surface area contributed by atoms with Crippen molar-refractivity contribution in [3.63, 3.8) is 0 Å². The second kappa shape index (κ2) is 9.31. The minimum atomic E-state index is -0.0599. The van der Waals surface area contributed by atoms with Crippen LogP contribution in [0.15, 0.2) is 6.07 Å². The third-order valence-electron chi connectivity index (χ3n) is 6.03. The van der Waals surface area contributed by atoms with Crippen molar-refractivity contribution in [3.8, 4) is 0 Å². The minimum absolute atomic E-state index is 0. The summed E-state index contributed by atoms with van der Waals surface area (Å²) < 4.78 is 1.76. The summed E-state index contributed by atoms with van der Waals surface area (Å²) >= 11 is 0. The number of carbonyl (C=O) groups excluding carboxylic acids is 2. The van der Waals surface area contributed by atoms with Gasteiger partial charge in [0.25, 0.3) is 5.91 Å². The summed E-state index contributed by atoms with van der Waals surface area (Å²) in [6.07, 6.45) is 3.92. The molecule has 2 atom stereocenters. The van der Waals surface area contributed by atoms with Gasteiger partial charge in [-0.3, -0.25) is 9.59 Å². The van der Waals surface area contributed by atoms with Crippen LogP contribution in [0.3, 0.4) is 0 Å². The van der Waals surface area contributed by atoms with Gasteiger partial charge < -0.3 is 15.5 Å². The summed E-state index contributed by atoms with van der Waals surface area (Å²) in [6.45, 7) is 8.69. The van der Waals surface area contributed by atoms with Crippen molar-refractivity contribution in [1.29, 1.82) is 0 Å². The molecule has 2 aliphatic heterocycles. The van der Waals surface area contributed by atoms with E-state index in [2.05, 4.69) is 20.7 Å². The van der Waals surface area contributed by atoms with Gasteiger partial charge in [0.05, 0.1) is 11.7 Å². The normalized spacial score (nSPS) is 21.5. The van der Waals surface area contributed by atoms with Crippen LogP contribution in [-0.4, -0.2) is 63.5 Å². The topological polar surface area (TPSA) is 91.6 Å². The molecule has 0 bridgehead atoms. The van der Waals surface area contributed by atoms with Gasteiger partial charge in [-0.15, -0.1) is 12.4 Å². The lowest BCUT2D eigenvalue weighted by Crippen LogP contribution is -2.46. The van der Waals surface area contributed by atoms with Gasteiger partial charge in [-0.25, -0.2) is 9.50 Å². The molecule has 2 amide bonds. The average Bonchev–Trinajstić information content (AvgIpc) is 3.34. The summed E-state index contributed by atoms with van der Waals surface area (Å²) in [5, 5.41) is 10.8. The second-order valence-electron chi connectivity index (χ2n) is 8.39. The Labute approximate surface area is 183 Å². The number of amides is 2. The number of likely N-dealkylation sites (tertiary alicyclic amines) is 1. The fourth-order valence-electron chi connectivity index (χ4n) is 4.53. The molecule has 0 saturated carbocycles. The minimum Gasteiger partial charge on any atom is -0.354 e. The Kier molecular flexibility index (Phi) is 6.98. The van der Waals surface area contributed by atoms with Crippen LogP contribution in [-0.2, 0) is 4.79 Å². The van der Waals surface area contributed by atoms with Crippen molar-refractivity contribution < 1.29 is 9.59 Å². The number of hydrogen-bond acceptors (Lipinski definition) is 5. The SMILES string of the molecule is Cc1cc(C)n2nc(C)c(C(=O)N3CCCC(CNC(=O)C4CCCN4)C3)c2n1.Cl. The first-order valence-corrected chi connectivity index (χ1v) is 10.6. The third-order valence-corrected chi connectivity index (χ3v) is 6.03. The first-order chi connectivity index (χ1) is 13.9. The van der Waals surface area contributed by atoms with Crippen LogP contribution < -0.4 is 10.6 Å². The number of aromatic nitrogens is 3. The third kappa shape index (κ3) is 4.44. The van der Waals surface area contributed by atoms with Crippen molar-refractivity contribution in [2.24, 2.45) is 5.92 Å². The largest absolute Gasteiger partial charge is 0.354 e. The van der Waals surface area contributed by atoms with E-state index in [4.69, 9.17) is 0 Å². The molecule has 0 spiro atoms. The average molecular weight is 435 g/mol. The van der Waals surface area contributed by atoms with Gasteiger partial charge in [-0.1, -0.05) is 0 Å². The lowest BCUT2D eigenvalue weighted by atomic mass is 9.97. The molecule has 2 aromatic heterocycles. The van der Waals surface area contributed by atoms with Crippen molar-refractivity contribution in [2.45, 2.75) is 52.5 Å². The smallest absolute Gasteiger partial charge is 0.259 e. The predicted octanol–water partition coefficient (Wildman–Crippen LogP) is 1.80. The number of piperidine rings is 1. The van der Waals surface area contributed by atoms with Crippen LogP contribution >= 0.6 is 12.4 Å². The molecule has 2 aromatic rings. The molecule has 8 nitrogen and oxygen atoms in total. The highest BCUT2D eigenvalue weighted by molar-refractivity contribution is 6.01. The Balaban J connectivity index is 0.00000256. The number of hydrogen-bond donors (Lipinski definition) is 2. The van der Waals surface area contributed by atoms with E-state index >= 15 is 0 Å². The number of carbonyl (C=O) groups is 2. The van der Waals surface area contributed by atoms with Crippen LogP contribution in [0.25, 0.3) is 5.65 Å². The highest BCUT2D eigenvalue weighted by Crippen LogP contribution is 2.22. The molecule has 0 aromatic carbocycles. The van der Waals surface area contributed by atoms with E-state index < -0.39 is 0 Å². The van der Waals surface area contributed by atoms with Crippen molar-refractivity contribution in [2.75, 3.05) is 26.2 Å². The van der Waals surface area contributed by atoms with E-state index in [9.17, 15) is 9.59 Å². The molecule has 4 heterocycles. The van der Waals surface area contributed by atoms with Crippen molar-refractivity contribution in [1.82, 2.24) is 30.1 Å². The zero-order chi connectivity index (χ0) is 20.5. The van der Waals surface area contributed by atoms with Gasteiger partial charge in [0.2, 0.25) is 5.91 Å². The van der Waals surface area contributed by atoms with E-state index in [0.717, 1.165) is 50.2 Å². The van der Waals surface area contributed by atoms with E-state index in [1.165, 1.54) is 0 Å². The van der Waals surface area contributed by atoms with Gasteiger partial charge >= 0.3 is 0 Å². The molecular weight excluding hydrogens is 404 g/mol. The highest BCUT2D eigenvalue weighted by Gasteiger charge is 2.30. The fraction of sp³-hybridized carbons (Fsp3) is 0.619. The molecule has 0 aliphatic carbocycles. The van der Waals surface area contributed by atoms with E-state index in [1.54, 1.807) is 4.52 Å². The second-order valence-corrected chi connectivity index (χ2v) is 8.39. The molecule has 2 aliphatic rings. The molecular formula is C21H31ClN6O2. The Morgan fingerprint density at radius 2 is 2.03 bits per heavy atom. The lowest BCUT2D eigenvalue weighted by Gasteiger charge is -2.33. The quantitative estimate of drug-likeness (QED) is 0.765. The van der Waals surface area contributed by atoms with Crippen LogP contribution in [0.2, 0.25) is 0 Å². The number of fused-ring (bicyclic) bond motifs is 1. The summed E-state index contributed by atoms with van der Waals surface area (Å²) in [4.78, 5) is 32.1. The first-order valence-electron chi connectivity index (χ1n) is 10.6. The maximum absolute atomic E-state index is 13.3. The number of nitrogens with zero attached hydrogens (tertiary/aromatic N) is 4. The predicted molar refractivity (Wildman–Crippen MR) is 117 cm³/mol. The van der Waals surface area contributed by atoms with E-state index in [0.29, 0.717) is 30.0 Å². The Morgan fingerprint density at radius 1 is 1.23 bits per heavy atom. The van der Waals surface area contributed by atoms with Gasteiger partial charge in [-0.2, -0.15) is 5.10 Å². The number of nitrogens with one attached hydrogen (secondary N) is 2. The molecule has 2 unspecified atom stereocenters. The Morgan fingerprint density at radius 3 is 2.77 bits per heavy atom. The molecule has 30 heavy (non-hydrogen) atoms. The number of halogens is 1. The van der Waals surface area contributed by atoms with Crippen molar-refractivity contribution >= 4 is 29.9 Å². The standard InChI is InChI=1S/C21H30N6O2.ClH/c1-13-10-14(2)27-19(24-13)18(15(3)25-27)21(29)26-9-5-6-16(12-26)11-23-20(28)17-7-4-8-22-17;/h10,16-17,22H,4-9,11-12H2,1-3H3,(H,23,28);1H. The van der Waals surface area contributed by atoms with Gasteiger partial charge in [0.15, 0.2) is 5.65 Å². The van der Waals surface area contributed by atoms with E-state index in [-0.39, 0.29) is 36.2 Å². The molecule has 0 radical (unpaired) electrons. The maximum atomic E-state index is 13.3. The Bertz CT molecular complexity index is 937. The zero-order valence-electron chi connectivity index (χ0n) is 17.9. The number of rotatable bonds is 4. The molecule has 2 saturated heterocycles. The van der Waals surface area contributed by atoms with Crippen LogP contribution in [0, 0.1) is 26.7 Å². The summed E-state index contributed by atoms with van der Waals surface area (Å²) in [5.74, 6) is 0.347. The molecule has 2 fully saturated rings. The van der Waals surface area contributed by atoms with Crippen LogP contribution in [0.1, 0.15) is 53.1 Å². The Hall–Kier alpha value is -2.19. The molecule has 164 valence electrons. The summed E-state index contributed by atoms with van der Waals surface area (Å²) in [5.41, 5.74) is 3.78. The fourth-order valence-corrected chi connectivity index (χ4v) is 4.53. The summed E-state index contributed by atoms with van der Waals surface area (Å²) in [7, 11) is 0. The van der Waals surface area contributed by atoms with Crippen LogP contribution in [0.4, 0.5) is 0 Å². The first kappa shape index (κ1) is 22.5. The van der Waals surface area contributed by atoms with Gasteiger partial charge in [-0.05, 0) is 65.0 Å². The maximum Gasteiger partial charge on any atom is 0.259 e. The van der Waals surface area contributed by atoms with Gasteiger partial charge in [0, 0.05) is 31.0 Å². The monoisotopic (exact) mass is 434 g/mol. The van der Waals surface area contributed by atoms with Crippen molar-refractivity contribution in [3.05, 3.63) is 28.7 Å². The lowest BCUT2D eigenvalue weighted by molar-refractivity contribution is -0.123. The van der Waals surface area contributed by atoms with E-state index in [1.807, 2.05) is 31.7 Å². The van der Waals surface area contributed by atoms with Gasteiger partial charge in [0.1, 0.15) is 5.56 Å². The molecule has 9 heteroatoms. The highest BCUT2D eigenvalue weighted by atomic mass is 35.5. The number of aryl methyl sites for hydroxylation is 3. The summed E-state index contributed by atoms with van der Waals surface area (Å²) in [6, 6.07) is 1.90. The zero-order valence-corrected chi connectivity index (χ0v) is 18.7. The molecule has 4 rings (SSSR count). The van der Waals surface area contributed by atoms with Crippen LogP contribution in [0.5, 0.6) is 0 Å².